The summed E-state index contributed by atoms with van der Waals surface area (Å²) in [7, 11) is 0. The smallest absolute Gasteiger partial charge is 0.326 e. The highest BCUT2D eigenvalue weighted by atomic mass is 32.2. The second-order valence-electron chi connectivity index (χ2n) is 8.55. The number of phenols is 1. The van der Waals surface area contributed by atoms with Crippen molar-refractivity contribution < 1.29 is 39.3 Å². The zero-order chi connectivity index (χ0) is 27.4. The van der Waals surface area contributed by atoms with E-state index in [1.54, 1.807) is 13.8 Å². The summed E-state index contributed by atoms with van der Waals surface area (Å²) in [6.45, 7) is 3.33. The third-order valence-corrected chi connectivity index (χ3v) is 5.86. The molecule has 0 saturated carbocycles. The average Bonchev–Trinajstić information content (AvgIpc) is 2.79. The van der Waals surface area contributed by atoms with E-state index in [1.807, 2.05) is 6.26 Å². The van der Waals surface area contributed by atoms with Crippen LogP contribution in [0, 0.1) is 5.92 Å². The molecule has 1 aromatic carbocycles. The standard InChI is InChI=1S/C23H34N4O8S/c1-12(2)19(22(33)25-16(23(34)35)8-9-36-3)27-21(32)17(10-13-4-6-14(28)7-5-13)26-20(31)15(24)11-18(29)30/h4-7,12,15-17,19,28H,8-11,24H2,1-3H3,(H,25,33)(H,26,31)(H,27,32)(H,29,30)(H,34,35). The molecule has 36 heavy (non-hydrogen) atoms. The highest BCUT2D eigenvalue weighted by Crippen LogP contribution is 2.13. The number of nitrogens with two attached hydrogens (primary N) is 1. The first-order valence-electron chi connectivity index (χ1n) is 11.2. The van der Waals surface area contributed by atoms with Crippen LogP contribution in [0.1, 0.15) is 32.3 Å². The molecule has 0 aliphatic rings. The van der Waals surface area contributed by atoms with Crippen molar-refractivity contribution in [2.75, 3.05) is 12.0 Å². The molecular weight excluding hydrogens is 492 g/mol. The van der Waals surface area contributed by atoms with Crippen molar-refractivity contribution in [1.29, 1.82) is 0 Å². The summed E-state index contributed by atoms with van der Waals surface area (Å²) in [6.07, 6.45) is 1.31. The number of hydrogen-bond acceptors (Lipinski definition) is 8. The topological polar surface area (TPSA) is 208 Å². The predicted octanol–water partition coefficient (Wildman–Crippen LogP) is -0.315. The van der Waals surface area contributed by atoms with Gasteiger partial charge in [-0.25, -0.2) is 4.79 Å². The molecule has 12 nitrogen and oxygen atoms in total. The SMILES string of the molecule is CSCCC(NC(=O)C(NC(=O)C(Cc1ccc(O)cc1)NC(=O)C(N)CC(=O)O)C(C)C)C(=O)O. The fourth-order valence-corrected chi connectivity index (χ4v) is 3.65. The second kappa shape index (κ2) is 14.9. The van der Waals surface area contributed by atoms with E-state index in [0.29, 0.717) is 11.3 Å². The molecule has 0 fully saturated rings. The highest BCUT2D eigenvalue weighted by Gasteiger charge is 2.32. The number of aromatic hydroxyl groups is 1. The number of rotatable bonds is 15. The number of aliphatic carboxylic acids is 2. The van der Waals surface area contributed by atoms with E-state index in [2.05, 4.69) is 16.0 Å². The number of hydrogen-bond donors (Lipinski definition) is 7. The normalized spacial score (nSPS) is 14.2. The molecule has 8 N–H and O–H groups in total. The summed E-state index contributed by atoms with van der Waals surface area (Å²) in [6, 6.07) is 0.979. The largest absolute Gasteiger partial charge is 0.508 e. The number of thioether (sulfide) groups is 1. The summed E-state index contributed by atoms with van der Waals surface area (Å²) >= 11 is 1.43. The number of amides is 3. The van der Waals surface area contributed by atoms with Gasteiger partial charge in [-0.05, 0) is 42.0 Å². The fraction of sp³-hybridized carbons (Fsp3) is 0.522. The number of nitrogens with one attached hydrogen (secondary N) is 3. The maximum atomic E-state index is 13.2. The predicted molar refractivity (Wildman–Crippen MR) is 133 cm³/mol. The van der Waals surface area contributed by atoms with Crippen molar-refractivity contribution in [1.82, 2.24) is 16.0 Å². The van der Waals surface area contributed by atoms with Gasteiger partial charge >= 0.3 is 11.9 Å². The van der Waals surface area contributed by atoms with E-state index >= 15 is 0 Å². The van der Waals surface area contributed by atoms with Crippen LogP contribution >= 0.6 is 11.8 Å². The summed E-state index contributed by atoms with van der Waals surface area (Å²) in [5.41, 5.74) is 6.19. The average molecular weight is 527 g/mol. The third-order valence-electron chi connectivity index (χ3n) is 5.21. The Hall–Kier alpha value is -3.32. The van der Waals surface area contributed by atoms with Crippen LogP contribution in [-0.2, 0) is 30.4 Å². The van der Waals surface area contributed by atoms with Gasteiger partial charge in [-0.1, -0.05) is 26.0 Å². The first-order valence-corrected chi connectivity index (χ1v) is 12.6. The Bertz CT molecular complexity index is 925. The molecular formula is C23H34N4O8S. The summed E-state index contributed by atoms with van der Waals surface area (Å²) in [5.74, 6) is -4.72. The van der Waals surface area contributed by atoms with Gasteiger partial charge in [0.25, 0.3) is 0 Å². The molecule has 1 aromatic rings. The third kappa shape index (κ3) is 10.5. The van der Waals surface area contributed by atoms with Crippen molar-refractivity contribution in [3.05, 3.63) is 29.8 Å². The monoisotopic (exact) mass is 526 g/mol. The van der Waals surface area contributed by atoms with Gasteiger partial charge in [0.2, 0.25) is 17.7 Å². The number of benzene rings is 1. The van der Waals surface area contributed by atoms with Crippen LogP contribution in [0.5, 0.6) is 5.75 Å². The number of phenolic OH excluding ortho intramolecular Hbond substituents is 1. The molecule has 4 atom stereocenters. The first-order chi connectivity index (χ1) is 16.8. The highest BCUT2D eigenvalue weighted by molar-refractivity contribution is 7.98. The van der Waals surface area contributed by atoms with Crippen LogP contribution in [0.4, 0.5) is 0 Å². The van der Waals surface area contributed by atoms with Crippen LogP contribution in [0.15, 0.2) is 24.3 Å². The van der Waals surface area contributed by atoms with E-state index in [1.165, 1.54) is 36.0 Å². The van der Waals surface area contributed by atoms with Crippen LogP contribution in [0.2, 0.25) is 0 Å². The molecule has 0 heterocycles. The van der Waals surface area contributed by atoms with Gasteiger partial charge < -0.3 is 37.0 Å². The lowest BCUT2D eigenvalue weighted by molar-refractivity contribution is -0.142. The molecule has 0 aliphatic heterocycles. The quantitative estimate of drug-likeness (QED) is 0.158. The lowest BCUT2D eigenvalue weighted by atomic mass is 10.00. The van der Waals surface area contributed by atoms with Gasteiger partial charge in [-0.3, -0.25) is 19.2 Å². The Labute approximate surface area is 213 Å². The van der Waals surface area contributed by atoms with Crippen LogP contribution < -0.4 is 21.7 Å². The molecule has 13 heteroatoms. The van der Waals surface area contributed by atoms with Crippen molar-refractivity contribution >= 4 is 41.4 Å². The number of carbonyl (C=O) groups is 5. The van der Waals surface area contributed by atoms with E-state index in [-0.39, 0.29) is 18.6 Å². The Morgan fingerprint density at radius 2 is 1.50 bits per heavy atom. The van der Waals surface area contributed by atoms with Crippen molar-refractivity contribution in [2.24, 2.45) is 11.7 Å². The second-order valence-corrected chi connectivity index (χ2v) is 9.53. The lowest BCUT2D eigenvalue weighted by Gasteiger charge is -2.27. The van der Waals surface area contributed by atoms with Crippen molar-refractivity contribution in [3.63, 3.8) is 0 Å². The molecule has 4 unspecified atom stereocenters. The first kappa shape index (κ1) is 30.7. The lowest BCUT2D eigenvalue weighted by Crippen LogP contribution is -2.59. The van der Waals surface area contributed by atoms with Gasteiger partial charge in [-0.2, -0.15) is 11.8 Å². The van der Waals surface area contributed by atoms with Crippen LogP contribution in [0.3, 0.4) is 0 Å². The van der Waals surface area contributed by atoms with Gasteiger partial charge in [-0.15, -0.1) is 0 Å². The summed E-state index contributed by atoms with van der Waals surface area (Å²) in [5, 5.41) is 35.2. The maximum Gasteiger partial charge on any atom is 0.326 e. The molecule has 0 radical (unpaired) electrons. The molecule has 1 rings (SSSR count). The maximum absolute atomic E-state index is 13.2. The van der Waals surface area contributed by atoms with Gasteiger partial charge in [0, 0.05) is 6.42 Å². The van der Waals surface area contributed by atoms with Gasteiger partial charge in [0.05, 0.1) is 12.5 Å². The van der Waals surface area contributed by atoms with E-state index in [0.717, 1.165) is 0 Å². The minimum Gasteiger partial charge on any atom is -0.508 e. The van der Waals surface area contributed by atoms with Crippen LogP contribution in [-0.4, -0.2) is 81.2 Å². The molecule has 3 amide bonds. The van der Waals surface area contributed by atoms with Crippen LogP contribution in [0.25, 0.3) is 0 Å². The minimum absolute atomic E-state index is 0.00160. The van der Waals surface area contributed by atoms with E-state index < -0.39 is 66.2 Å². The summed E-state index contributed by atoms with van der Waals surface area (Å²) < 4.78 is 0. The zero-order valence-corrected chi connectivity index (χ0v) is 21.2. The summed E-state index contributed by atoms with van der Waals surface area (Å²) in [4.78, 5) is 60.9. The molecule has 200 valence electrons. The molecule has 0 aromatic heterocycles. The Kier molecular flexibility index (Phi) is 12.7. The number of carboxylic acid groups (broad SMARTS) is 2. The van der Waals surface area contributed by atoms with Crippen molar-refractivity contribution in [2.45, 2.75) is 57.3 Å². The Balaban J connectivity index is 3.09. The zero-order valence-electron chi connectivity index (χ0n) is 20.4. The Morgan fingerprint density at radius 3 is 2.00 bits per heavy atom. The van der Waals surface area contributed by atoms with Gasteiger partial charge in [0.1, 0.15) is 23.9 Å². The molecule has 0 bridgehead atoms. The number of carbonyl (C=O) groups excluding carboxylic acids is 3. The fourth-order valence-electron chi connectivity index (χ4n) is 3.18. The van der Waals surface area contributed by atoms with Gasteiger partial charge in [0.15, 0.2) is 0 Å². The molecule has 0 saturated heterocycles. The molecule has 0 spiro atoms. The Morgan fingerprint density at radius 1 is 0.917 bits per heavy atom. The van der Waals surface area contributed by atoms with E-state index in [4.69, 9.17) is 10.8 Å². The minimum atomic E-state index is -1.41. The van der Waals surface area contributed by atoms with Crippen molar-refractivity contribution in [3.8, 4) is 5.75 Å². The van der Waals surface area contributed by atoms with E-state index in [9.17, 15) is 34.2 Å². The number of carboxylic acids is 2. The molecule has 0 aliphatic carbocycles.